The van der Waals surface area contributed by atoms with E-state index in [1.54, 1.807) is 30.0 Å². The Labute approximate surface area is 140 Å². The summed E-state index contributed by atoms with van der Waals surface area (Å²) in [6.07, 6.45) is 0. The molecule has 0 saturated carbocycles. The number of nitrogens with zero attached hydrogens (tertiary/aromatic N) is 2. The molecule has 2 aliphatic heterocycles. The fourth-order valence-corrected chi connectivity index (χ4v) is 3.07. The number of amides is 2. The van der Waals surface area contributed by atoms with Crippen LogP contribution in [0.15, 0.2) is 18.2 Å². The number of fused-ring (bicyclic) bond motifs is 1. The average Bonchev–Trinajstić information content (AvgIpc) is 2.60. The first-order chi connectivity index (χ1) is 11.5. The molecule has 24 heavy (non-hydrogen) atoms. The molecule has 0 spiro atoms. The summed E-state index contributed by atoms with van der Waals surface area (Å²) >= 11 is 0. The average molecular weight is 331 g/mol. The standard InChI is InChI=1S/C17H21N3O4/c1-11(17(23)19-7-5-18-6-8-19)20-14-9-13(12(2)21)3-4-15(14)24-10-16(20)22/h3-4,9,11,18H,5-8,10H2,1-2H3/t11-/m0/s1. The first-order valence-electron chi connectivity index (χ1n) is 8.08. The quantitative estimate of drug-likeness (QED) is 0.813. The van der Waals surface area contributed by atoms with Crippen LogP contribution in [0.5, 0.6) is 5.75 Å². The molecule has 0 bridgehead atoms. The molecule has 1 atom stereocenters. The molecule has 0 aromatic heterocycles. The molecule has 1 aromatic carbocycles. The van der Waals surface area contributed by atoms with Crippen molar-refractivity contribution < 1.29 is 19.1 Å². The number of ketones is 1. The second kappa shape index (κ2) is 6.60. The number of Topliss-reactive ketones (excluding diaryl/α,β-unsaturated/α-hetero) is 1. The highest BCUT2D eigenvalue weighted by molar-refractivity contribution is 6.05. The molecule has 0 radical (unpaired) electrons. The van der Waals surface area contributed by atoms with Crippen LogP contribution >= 0.6 is 0 Å². The van der Waals surface area contributed by atoms with Gasteiger partial charge in [-0.1, -0.05) is 0 Å². The third kappa shape index (κ3) is 2.99. The topological polar surface area (TPSA) is 79.0 Å². The minimum absolute atomic E-state index is 0.0917. The van der Waals surface area contributed by atoms with Crippen molar-refractivity contribution >= 4 is 23.3 Å². The number of hydrogen-bond acceptors (Lipinski definition) is 5. The molecule has 2 aliphatic rings. The van der Waals surface area contributed by atoms with Crippen molar-refractivity contribution in [2.24, 2.45) is 0 Å². The summed E-state index contributed by atoms with van der Waals surface area (Å²) in [5.41, 5.74) is 0.966. The van der Waals surface area contributed by atoms with E-state index in [1.807, 2.05) is 0 Å². The second-order valence-electron chi connectivity index (χ2n) is 6.04. The Balaban J connectivity index is 1.92. The predicted octanol–water partition coefficient (Wildman–Crippen LogP) is 0.435. The van der Waals surface area contributed by atoms with Crippen LogP contribution in [0.2, 0.25) is 0 Å². The van der Waals surface area contributed by atoms with Crippen LogP contribution in [-0.2, 0) is 9.59 Å². The van der Waals surface area contributed by atoms with Gasteiger partial charge in [0.1, 0.15) is 11.8 Å². The normalized spacial score (nSPS) is 18.7. The maximum Gasteiger partial charge on any atom is 0.265 e. The van der Waals surface area contributed by atoms with Gasteiger partial charge in [0, 0.05) is 31.7 Å². The number of nitrogens with one attached hydrogen (secondary N) is 1. The smallest absolute Gasteiger partial charge is 0.265 e. The Kier molecular flexibility index (Phi) is 4.53. The van der Waals surface area contributed by atoms with Crippen molar-refractivity contribution in [2.75, 3.05) is 37.7 Å². The second-order valence-corrected chi connectivity index (χ2v) is 6.04. The fraction of sp³-hybridized carbons (Fsp3) is 0.471. The number of benzene rings is 1. The van der Waals surface area contributed by atoms with E-state index in [9.17, 15) is 14.4 Å². The van der Waals surface area contributed by atoms with Crippen LogP contribution in [0.3, 0.4) is 0 Å². The minimum Gasteiger partial charge on any atom is -0.482 e. The van der Waals surface area contributed by atoms with Crippen molar-refractivity contribution in [1.82, 2.24) is 10.2 Å². The number of hydrogen-bond donors (Lipinski definition) is 1. The van der Waals surface area contributed by atoms with Crippen molar-refractivity contribution in [3.05, 3.63) is 23.8 Å². The number of rotatable bonds is 3. The lowest BCUT2D eigenvalue weighted by Crippen LogP contribution is -2.56. The first-order valence-corrected chi connectivity index (χ1v) is 8.08. The van der Waals surface area contributed by atoms with Crippen LogP contribution in [0.25, 0.3) is 0 Å². The Morgan fingerprint density at radius 1 is 1.25 bits per heavy atom. The molecule has 7 nitrogen and oxygen atoms in total. The highest BCUT2D eigenvalue weighted by Crippen LogP contribution is 2.34. The number of piperazine rings is 1. The maximum atomic E-state index is 12.8. The van der Waals surface area contributed by atoms with E-state index in [0.717, 1.165) is 13.1 Å². The molecule has 1 N–H and O–H groups in total. The van der Waals surface area contributed by atoms with E-state index in [1.165, 1.54) is 11.8 Å². The summed E-state index contributed by atoms with van der Waals surface area (Å²) < 4.78 is 5.44. The fourth-order valence-electron chi connectivity index (χ4n) is 3.07. The predicted molar refractivity (Wildman–Crippen MR) is 88.3 cm³/mol. The number of anilines is 1. The highest BCUT2D eigenvalue weighted by atomic mass is 16.5. The summed E-state index contributed by atoms with van der Waals surface area (Å²) in [7, 11) is 0. The number of carbonyl (C=O) groups excluding carboxylic acids is 3. The zero-order valence-corrected chi connectivity index (χ0v) is 13.9. The number of carbonyl (C=O) groups is 3. The van der Waals surface area contributed by atoms with Crippen LogP contribution in [0.4, 0.5) is 5.69 Å². The third-order valence-electron chi connectivity index (χ3n) is 4.42. The lowest BCUT2D eigenvalue weighted by molar-refractivity contribution is -0.135. The van der Waals surface area contributed by atoms with Crippen molar-refractivity contribution in [3.8, 4) is 5.75 Å². The Morgan fingerprint density at radius 2 is 1.96 bits per heavy atom. The molecule has 1 fully saturated rings. The first kappa shape index (κ1) is 16.4. The molecular weight excluding hydrogens is 310 g/mol. The van der Waals surface area contributed by atoms with Gasteiger partial charge in [0.25, 0.3) is 5.91 Å². The van der Waals surface area contributed by atoms with Gasteiger partial charge in [-0.25, -0.2) is 0 Å². The monoisotopic (exact) mass is 331 g/mol. The summed E-state index contributed by atoms with van der Waals surface area (Å²) in [4.78, 5) is 40.0. The van der Waals surface area contributed by atoms with Crippen LogP contribution in [0.1, 0.15) is 24.2 Å². The Hall–Kier alpha value is -2.41. The molecule has 1 aromatic rings. The molecule has 2 heterocycles. The summed E-state index contributed by atoms with van der Waals surface area (Å²) in [5.74, 6) is 0.0431. The molecule has 128 valence electrons. The Morgan fingerprint density at radius 3 is 2.62 bits per heavy atom. The van der Waals surface area contributed by atoms with E-state index in [0.29, 0.717) is 30.1 Å². The van der Waals surface area contributed by atoms with Gasteiger partial charge in [0.05, 0.1) is 5.69 Å². The van der Waals surface area contributed by atoms with Gasteiger partial charge in [-0.3, -0.25) is 19.3 Å². The van der Waals surface area contributed by atoms with Gasteiger partial charge >= 0.3 is 0 Å². The lowest BCUT2D eigenvalue weighted by Gasteiger charge is -2.37. The highest BCUT2D eigenvalue weighted by Gasteiger charge is 2.35. The summed E-state index contributed by atoms with van der Waals surface area (Å²) in [6, 6.07) is 4.32. The van der Waals surface area contributed by atoms with Crippen LogP contribution in [0, 0.1) is 0 Å². The van der Waals surface area contributed by atoms with E-state index in [-0.39, 0.29) is 24.2 Å². The molecular formula is C17H21N3O4. The van der Waals surface area contributed by atoms with Crippen LogP contribution in [-0.4, -0.2) is 61.3 Å². The lowest BCUT2D eigenvalue weighted by atomic mass is 10.1. The molecule has 1 saturated heterocycles. The van der Waals surface area contributed by atoms with Gasteiger partial charge in [-0.15, -0.1) is 0 Å². The molecule has 0 unspecified atom stereocenters. The van der Waals surface area contributed by atoms with Gasteiger partial charge in [0.15, 0.2) is 12.4 Å². The van der Waals surface area contributed by atoms with Crippen molar-refractivity contribution in [1.29, 1.82) is 0 Å². The van der Waals surface area contributed by atoms with Crippen molar-refractivity contribution in [2.45, 2.75) is 19.9 Å². The van der Waals surface area contributed by atoms with Gasteiger partial charge in [-0.05, 0) is 32.0 Å². The molecule has 2 amide bonds. The van der Waals surface area contributed by atoms with Gasteiger partial charge < -0.3 is 15.0 Å². The largest absolute Gasteiger partial charge is 0.482 e. The summed E-state index contributed by atoms with van der Waals surface area (Å²) in [5, 5.41) is 3.20. The molecule has 7 heteroatoms. The SMILES string of the molecule is CC(=O)c1ccc2c(c1)N([C@@H](C)C(=O)N1CCNCC1)C(=O)CO2. The summed E-state index contributed by atoms with van der Waals surface area (Å²) in [6.45, 7) is 5.83. The van der Waals surface area contributed by atoms with E-state index < -0.39 is 6.04 Å². The molecule has 0 aliphatic carbocycles. The van der Waals surface area contributed by atoms with E-state index in [2.05, 4.69) is 5.32 Å². The minimum atomic E-state index is -0.638. The zero-order valence-electron chi connectivity index (χ0n) is 13.9. The van der Waals surface area contributed by atoms with Crippen molar-refractivity contribution in [3.63, 3.8) is 0 Å². The maximum absolute atomic E-state index is 12.8. The Bertz CT molecular complexity index is 682. The van der Waals surface area contributed by atoms with E-state index in [4.69, 9.17) is 4.74 Å². The zero-order chi connectivity index (χ0) is 17.3. The third-order valence-corrected chi connectivity index (χ3v) is 4.42. The van der Waals surface area contributed by atoms with Crippen LogP contribution < -0.4 is 15.0 Å². The van der Waals surface area contributed by atoms with E-state index >= 15 is 0 Å². The van der Waals surface area contributed by atoms with Gasteiger partial charge in [-0.2, -0.15) is 0 Å². The number of ether oxygens (including phenoxy) is 1. The molecule has 3 rings (SSSR count). The van der Waals surface area contributed by atoms with Gasteiger partial charge in [0.2, 0.25) is 5.91 Å².